The lowest BCUT2D eigenvalue weighted by molar-refractivity contribution is 0.369. The van der Waals surface area contributed by atoms with Gasteiger partial charge in [-0.05, 0) is 24.3 Å². The number of nitrogens with zero attached hydrogens (tertiary/aromatic N) is 1. The van der Waals surface area contributed by atoms with E-state index in [1.54, 1.807) is 24.3 Å². The van der Waals surface area contributed by atoms with Crippen molar-refractivity contribution in [2.24, 2.45) is 0 Å². The van der Waals surface area contributed by atoms with E-state index in [2.05, 4.69) is 4.98 Å². The molecule has 0 aliphatic carbocycles. The number of phenolic OH excluding ortho intramolecular Hbond substituents is 3. The summed E-state index contributed by atoms with van der Waals surface area (Å²) >= 11 is 0.869. The maximum Gasteiger partial charge on any atom is 0.243 e. The molecule has 0 fully saturated rings. The molecule has 1 heterocycles. The van der Waals surface area contributed by atoms with Crippen LogP contribution in [0.25, 0.3) is 21.5 Å². The topological polar surface area (TPSA) is 90.7 Å². The molecule has 0 saturated carbocycles. The van der Waals surface area contributed by atoms with Gasteiger partial charge in [0.15, 0.2) is 11.5 Å². The van der Waals surface area contributed by atoms with Gasteiger partial charge in [0.1, 0.15) is 5.01 Å². The molecule has 5 nitrogen and oxygen atoms in total. The molecule has 0 spiro atoms. The minimum absolute atomic E-state index is 0.183. The van der Waals surface area contributed by atoms with Gasteiger partial charge < -0.3 is 15.3 Å². The van der Waals surface area contributed by atoms with Crippen molar-refractivity contribution < 1.29 is 15.3 Å². The first-order valence-electron chi connectivity index (χ1n) is 5.72. The zero-order valence-electron chi connectivity index (χ0n) is 10.1. The standard InChI is InChI=1S/C14H9NO4S/c16-10-6-5-8(11(17)12(10)18)13-15-9-4-2-1-3-7(9)14(19)20-13/h1-6,16-18H. The molecule has 0 radical (unpaired) electrons. The molecular weight excluding hydrogens is 278 g/mol. The summed E-state index contributed by atoms with van der Waals surface area (Å²) in [6, 6.07) is 9.53. The molecule has 100 valence electrons. The van der Waals surface area contributed by atoms with E-state index >= 15 is 0 Å². The molecule has 3 N–H and O–H groups in total. The summed E-state index contributed by atoms with van der Waals surface area (Å²) in [7, 11) is 0. The number of fused-ring (bicyclic) bond motifs is 1. The molecule has 1 aromatic heterocycles. The van der Waals surface area contributed by atoms with Crippen LogP contribution in [0.1, 0.15) is 0 Å². The van der Waals surface area contributed by atoms with Crippen LogP contribution in [0, 0.1) is 0 Å². The Morgan fingerprint density at radius 3 is 2.50 bits per heavy atom. The fourth-order valence-corrected chi connectivity index (χ4v) is 2.75. The van der Waals surface area contributed by atoms with Gasteiger partial charge in [0.2, 0.25) is 10.5 Å². The van der Waals surface area contributed by atoms with Gasteiger partial charge >= 0.3 is 0 Å². The Morgan fingerprint density at radius 1 is 0.950 bits per heavy atom. The summed E-state index contributed by atoms with van der Waals surface area (Å²) in [5.41, 5.74) is 0.714. The molecular formula is C14H9NO4S. The smallest absolute Gasteiger partial charge is 0.243 e. The van der Waals surface area contributed by atoms with Gasteiger partial charge in [0, 0.05) is 0 Å². The number of rotatable bonds is 1. The molecule has 0 aliphatic heterocycles. The van der Waals surface area contributed by atoms with E-state index in [4.69, 9.17) is 0 Å². The quantitative estimate of drug-likeness (QED) is 0.598. The van der Waals surface area contributed by atoms with Gasteiger partial charge in [-0.3, -0.25) is 4.79 Å². The van der Waals surface area contributed by atoms with Gasteiger partial charge in [-0.2, -0.15) is 0 Å². The van der Waals surface area contributed by atoms with Crippen LogP contribution in [0.5, 0.6) is 17.2 Å². The first-order chi connectivity index (χ1) is 9.58. The highest BCUT2D eigenvalue weighted by atomic mass is 32.1. The zero-order valence-corrected chi connectivity index (χ0v) is 10.9. The van der Waals surface area contributed by atoms with E-state index < -0.39 is 17.2 Å². The number of benzene rings is 2. The first kappa shape index (κ1) is 12.4. The number of hydrogen-bond acceptors (Lipinski definition) is 6. The predicted octanol–water partition coefficient (Wildman–Crippen LogP) is 2.44. The van der Waals surface area contributed by atoms with Crippen molar-refractivity contribution in [1.29, 1.82) is 0 Å². The molecule has 0 unspecified atom stereocenters. The molecule has 3 aromatic rings. The van der Waals surface area contributed by atoms with Gasteiger partial charge in [-0.25, -0.2) is 4.98 Å². The van der Waals surface area contributed by atoms with Crippen LogP contribution in [0.3, 0.4) is 0 Å². The van der Waals surface area contributed by atoms with Gasteiger partial charge in [-0.1, -0.05) is 23.5 Å². The van der Waals surface area contributed by atoms with E-state index in [0.717, 1.165) is 11.3 Å². The van der Waals surface area contributed by atoms with Crippen molar-refractivity contribution in [2.45, 2.75) is 0 Å². The van der Waals surface area contributed by atoms with Crippen LogP contribution >= 0.6 is 11.3 Å². The first-order valence-corrected chi connectivity index (χ1v) is 6.53. The third-order valence-corrected chi connectivity index (χ3v) is 3.81. The van der Waals surface area contributed by atoms with Crippen LogP contribution in [0.2, 0.25) is 0 Å². The average Bonchev–Trinajstić information content (AvgIpc) is 2.45. The van der Waals surface area contributed by atoms with E-state index in [0.29, 0.717) is 10.9 Å². The fraction of sp³-hybridized carbons (Fsp3) is 0. The van der Waals surface area contributed by atoms with Crippen molar-refractivity contribution >= 4 is 22.2 Å². The van der Waals surface area contributed by atoms with E-state index in [-0.39, 0.29) is 15.3 Å². The van der Waals surface area contributed by atoms with E-state index in [1.165, 1.54) is 12.1 Å². The van der Waals surface area contributed by atoms with Gasteiger partial charge in [0.05, 0.1) is 16.5 Å². The lowest BCUT2D eigenvalue weighted by Gasteiger charge is -2.07. The monoisotopic (exact) mass is 287 g/mol. The van der Waals surface area contributed by atoms with E-state index in [9.17, 15) is 20.1 Å². The molecule has 20 heavy (non-hydrogen) atoms. The second kappa shape index (κ2) is 4.50. The van der Waals surface area contributed by atoms with Crippen molar-refractivity contribution in [3.63, 3.8) is 0 Å². The Morgan fingerprint density at radius 2 is 1.70 bits per heavy atom. The molecule has 0 aliphatic rings. The Bertz CT molecular complexity index is 873. The molecule has 0 bridgehead atoms. The molecule has 6 heteroatoms. The normalized spacial score (nSPS) is 10.8. The van der Waals surface area contributed by atoms with Gasteiger partial charge in [0.25, 0.3) is 0 Å². The largest absolute Gasteiger partial charge is 0.504 e. The zero-order chi connectivity index (χ0) is 14.3. The van der Waals surface area contributed by atoms with Crippen molar-refractivity contribution in [2.75, 3.05) is 0 Å². The van der Waals surface area contributed by atoms with Crippen LogP contribution < -0.4 is 4.74 Å². The Balaban J connectivity index is 2.31. The van der Waals surface area contributed by atoms with Crippen molar-refractivity contribution in [3.05, 3.63) is 45.9 Å². The number of aromatic hydroxyl groups is 3. The van der Waals surface area contributed by atoms with Crippen molar-refractivity contribution in [1.82, 2.24) is 4.98 Å². The number of para-hydroxylation sites is 1. The maximum absolute atomic E-state index is 12.0. The second-order valence-electron chi connectivity index (χ2n) is 4.15. The third-order valence-electron chi connectivity index (χ3n) is 2.90. The lowest BCUT2D eigenvalue weighted by Crippen LogP contribution is -1.98. The van der Waals surface area contributed by atoms with Crippen LogP contribution in [0.4, 0.5) is 0 Å². The predicted molar refractivity (Wildman–Crippen MR) is 76.3 cm³/mol. The average molecular weight is 287 g/mol. The minimum atomic E-state index is -0.628. The highest BCUT2D eigenvalue weighted by molar-refractivity contribution is 7.13. The second-order valence-corrected chi connectivity index (χ2v) is 5.11. The third kappa shape index (κ3) is 1.86. The highest BCUT2D eigenvalue weighted by Gasteiger charge is 2.15. The molecule has 2 aromatic carbocycles. The number of phenols is 3. The summed E-state index contributed by atoms with van der Waals surface area (Å²) in [6.07, 6.45) is 0. The number of hydrogen-bond donors (Lipinski definition) is 3. The van der Waals surface area contributed by atoms with Crippen molar-refractivity contribution in [3.8, 4) is 27.8 Å². The minimum Gasteiger partial charge on any atom is -0.504 e. The Hall–Kier alpha value is -2.60. The molecule has 3 rings (SSSR count). The van der Waals surface area contributed by atoms with Crippen LogP contribution in [0.15, 0.2) is 41.2 Å². The summed E-state index contributed by atoms with van der Waals surface area (Å²) in [5.74, 6) is -1.56. The van der Waals surface area contributed by atoms with Crippen LogP contribution in [-0.4, -0.2) is 20.3 Å². The Kier molecular flexibility index (Phi) is 2.80. The van der Waals surface area contributed by atoms with Gasteiger partial charge in [-0.15, -0.1) is 0 Å². The SMILES string of the molecule is O=c1sc(-c2ccc(O)c(O)c2O)nc2ccccc12. The number of aromatic nitrogens is 1. The molecule has 0 saturated heterocycles. The fourth-order valence-electron chi connectivity index (χ4n) is 1.88. The highest BCUT2D eigenvalue weighted by Crippen LogP contribution is 2.42. The molecule has 0 atom stereocenters. The summed E-state index contributed by atoms with van der Waals surface area (Å²) in [6.45, 7) is 0. The summed E-state index contributed by atoms with van der Waals surface area (Å²) < 4.78 is -0.183. The lowest BCUT2D eigenvalue weighted by atomic mass is 10.2. The maximum atomic E-state index is 12.0. The Labute approximate surface area is 117 Å². The molecule has 0 amide bonds. The summed E-state index contributed by atoms with van der Waals surface area (Å²) in [5, 5.41) is 29.5. The van der Waals surface area contributed by atoms with E-state index in [1.807, 2.05) is 0 Å². The summed E-state index contributed by atoms with van der Waals surface area (Å²) in [4.78, 5) is 16.3. The van der Waals surface area contributed by atoms with Crippen LogP contribution in [-0.2, 0) is 0 Å².